The molecule has 24 heavy (non-hydrogen) atoms. The van der Waals surface area contributed by atoms with Gasteiger partial charge in [0.15, 0.2) is 5.82 Å². The Morgan fingerprint density at radius 2 is 2.00 bits per heavy atom. The molecule has 0 atom stereocenters. The SMILES string of the molecule is CCCCOc1cccc(-c2nc(Nc3ccc(Cl)cc3)n[nH]2)c1. The van der Waals surface area contributed by atoms with Gasteiger partial charge in [0, 0.05) is 16.3 Å². The molecular weight excluding hydrogens is 324 g/mol. The Hall–Kier alpha value is -2.53. The number of H-pyrrole nitrogens is 1. The zero-order valence-corrected chi connectivity index (χ0v) is 14.2. The summed E-state index contributed by atoms with van der Waals surface area (Å²) in [6, 6.07) is 15.2. The minimum Gasteiger partial charge on any atom is -0.494 e. The molecule has 0 unspecified atom stereocenters. The molecule has 1 heterocycles. The molecule has 0 radical (unpaired) electrons. The third-order valence-electron chi connectivity index (χ3n) is 3.46. The predicted octanol–water partition coefficient (Wildman–Crippen LogP) is 5.05. The number of rotatable bonds is 7. The van der Waals surface area contributed by atoms with Crippen molar-refractivity contribution in [3.63, 3.8) is 0 Å². The normalized spacial score (nSPS) is 10.6. The molecule has 5 nitrogen and oxygen atoms in total. The van der Waals surface area contributed by atoms with Crippen molar-refractivity contribution in [2.24, 2.45) is 0 Å². The lowest BCUT2D eigenvalue weighted by Gasteiger charge is -2.06. The maximum Gasteiger partial charge on any atom is 0.246 e. The first kappa shape index (κ1) is 16.3. The molecular formula is C18H19ClN4O. The monoisotopic (exact) mass is 342 g/mol. The first-order valence-electron chi connectivity index (χ1n) is 7.93. The summed E-state index contributed by atoms with van der Waals surface area (Å²) in [5.41, 5.74) is 1.81. The van der Waals surface area contributed by atoms with E-state index in [1.165, 1.54) is 0 Å². The molecule has 2 N–H and O–H groups in total. The number of ether oxygens (including phenoxy) is 1. The Labute approximate surface area is 146 Å². The molecule has 0 spiro atoms. The molecule has 0 aliphatic rings. The maximum absolute atomic E-state index is 5.88. The summed E-state index contributed by atoms with van der Waals surface area (Å²) in [4.78, 5) is 4.47. The van der Waals surface area contributed by atoms with E-state index in [0.29, 0.717) is 16.8 Å². The van der Waals surface area contributed by atoms with E-state index in [0.717, 1.165) is 36.4 Å². The van der Waals surface area contributed by atoms with Crippen LogP contribution in [-0.2, 0) is 0 Å². The zero-order valence-electron chi connectivity index (χ0n) is 13.4. The van der Waals surface area contributed by atoms with E-state index in [1.54, 1.807) is 0 Å². The molecule has 0 bridgehead atoms. The smallest absolute Gasteiger partial charge is 0.246 e. The zero-order chi connectivity index (χ0) is 16.8. The van der Waals surface area contributed by atoms with Gasteiger partial charge in [-0.15, -0.1) is 5.10 Å². The molecule has 124 valence electrons. The highest BCUT2D eigenvalue weighted by atomic mass is 35.5. The Morgan fingerprint density at radius 3 is 2.79 bits per heavy atom. The number of nitrogens with one attached hydrogen (secondary N) is 2. The van der Waals surface area contributed by atoms with Gasteiger partial charge in [-0.25, -0.2) is 0 Å². The van der Waals surface area contributed by atoms with Crippen LogP contribution in [0.1, 0.15) is 19.8 Å². The van der Waals surface area contributed by atoms with Crippen molar-refractivity contribution in [3.05, 3.63) is 53.6 Å². The fourth-order valence-electron chi connectivity index (χ4n) is 2.18. The van der Waals surface area contributed by atoms with E-state index in [-0.39, 0.29) is 0 Å². The standard InChI is InChI=1S/C18H19ClN4O/c1-2-3-11-24-16-6-4-5-13(12-16)17-21-18(23-22-17)20-15-9-7-14(19)8-10-15/h4-10,12H,2-3,11H2,1H3,(H2,20,21,22,23). The number of aromatic amines is 1. The average Bonchev–Trinajstić information content (AvgIpc) is 3.06. The third-order valence-corrected chi connectivity index (χ3v) is 3.71. The molecule has 0 saturated heterocycles. The number of nitrogens with zero attached hydrogens (tertiary/aromatic N) is 2. The lowest BCUT2D eigenvalue weighted by molar-refractivity contribution is 0.309. The number of aromatic nitrogens is 3. The summed E-state index contributed by atoms with van der Waals surface area (Å²) >= 11 is 5.88. The van der Waals surface area contributed by atoms with Crippen LogP contribution in [0.15, 0.2) is 48.5 Å². The fraction of sp³-hybridized carbons (Fsp3) is 0.222. The average molecular weight is 343 g/mol. The summed E-state index contributed by atoms with van der Waals surface area (Å²) in [5, 5.41) is 11.0. The van der Waals surface area contributed by atoms with Gasteiger partial charge in [-0.1, -0.05) is 37.1 Å². The summed E-state index contributed by atoms with van der Waals surface area (Å²) in [7, 11) is 0. The summed E-state index contributed by atoms with van der Waals surface area (Å²) in [5.74, 6) is 2.03. The number of benzene rings is 2. The van der Waals surface area contributed by atoms with Crippen LogP contribution in [0.25, 0.3) is 11.4 Å². The second-order valence-electron chi connectivity index (χ2n) is 5.37. The molecule has 0 fully saturated rings. The molecule has 2 aromatic carbocycles. The fourth-order valence-corrected chi connectivity index (χ4v) is 2.30. The minimum atomic E-state index is 0.504. The molecule has 1 aromatic heterocycles. The Balaban J connectivity index is 1.70. The Morgan fingerprint density at radius 1 is 1.17 bits per heavy atom. The van der Waals surface area contributed by atoms with E-state index in [9.17, 15) is 0 Å². The predicted molar refractivity (Wildman–Crippen MR) is 97.0 cm³/mol. The van der Waals surface area contributed by atoms with Crippen LogP contribution in [0, 0.1) is 0 Å². The second-order valence-corrected chi connectivity index (χ2v) is 5.81. The van der Waals surface area contributed by atoms with Crippen molar-refractivity contribution in [3.8, 4) is 17.1 Å². The van der Waals surface area contributed by atoms with Gasteiger partial charge in [-0.3, -0.25) is 5.10 Å². The topological polar surface area (TPSA) is 62.8 Å². The van der Waals surface area contributed by atoms with Crippen LogP contribution in [0.4, 0.5) is 11.6 Å². The Bertz CT molecular complexity index is 786. The largest absolute Gasteiger partial charge is 0.494 e. The maximum atomic E-state index is 5.88. The molecule has 3 rings (SSSR count). The number of hydrogen-bond donors (Lipinski definition) is 2. The van der Waals surface area contributed by atoms with Crippen LogP contribution in [0.5, 0.6) is 5.75 Å². The lowest BCUT2D eigenvalue weighted by atomic mass is 10.2. The van der Waals surface area contributed by atoms with Crippen LogP contribution in [0.3, 0.4) is 0 Å². The second kappa shape index (κ2) is 7.84. The van der Waals surface area contributed by atoms with Crippen LogP contribution < -0.4 is 10.1 Å². The number of anilines is 2. The third kappa shape index (κ3) is 4.26. The number of unbranched alkanes of at least 4 members (excludes halogenated alkanes) is 1. The quantitative estimate of drug-likeness (QED) is 0.590. The molecule has 6 heteroatoms. The molecule has 0 aliphatic heterocycles. The number of hydrogen-bond acceptors (Lipinski definition) is 4. The van der Waals surface area contributed by atoms with Crippen molar-refractivity contribution in [1.29, 1.82) is 0 Å². The van der Waals surface area contributed by atoms with Gasteiger partial charge in [0.25, 0.3) is 0 Å². The van der Waals surface area contributed by atoms with Gasteiger partial charge in [-0.2, -0.15) is 4.98 Å². The van der Waals surface area contributed by atoms with Crippen molar-refractivity contribution in [1.82, 2.24) is 15.2 Å². The molecule has 0 amide bonds. The van der Waals surface area contributed by atoms with Gasteiger partial charge >= 0.3 is 0 Å². The van der Waals surface area contributed by atoms with Crippen molar-refractivity contribution < 1.29 is 4.74 Å². The minimum absolute atomic E-state index is 0.504. The first-order valence-corrected chi connectivity index (χ1v) is 8.30. The van der Waals surface area contributed by atoms with Crippen LogP contribution in [0.2, 0.25) is 5.02 Å². The van der Waals surface area contributed by atoms with Gasteiger partial charge < -0.3 is 10.1 Å². The highest BCUT2D eigenvalue weighted by molar-refractivity contribution is 6.30. The summed E-state index contributed by atoms with van der Waals surface area (Å²) in [6.45, 7) is 2.86. The highest BCUT2D eigenvalue weighted by Gasteiger charge is 2.07. The molecule has 0 aliphatic carbocycles. The summed E-state index contributed by atoms with van der Waals surface area (Å²) in [6.07, 6.45) is 2.16. The van der Waals surface area contributed by atoms with E-state index < -0.39 is 0 Å². The lowest BCUT2D eigenvalue weighted by Crippen LogP contribution is -1.96. The van der Waals surface area contributed by atoms with E-state index in [2.05, 4.69) is 27.4 Å². The van der Waals surface area contributed by atoms with Crippen molar-refractivity contribution in [2.45, 2.75) is 19.8 Å². The highest BCUT2D eigenvalue weighted by Crippen LogP contribution is 2.23. The van der Waals surface area contributed by atoms with Crippen molar-refractivity contribution >= 4 is 23.2 Å². The van der Waals surface area contributed by atoms with E-state index >= 15 is 0 Å². The van der Waals surface area contributed by atoms with Crippen LogP contribution >= 0.6 is 11.6 Å². The molecule has 3 aromatic rings. The van der Waals surface area contributed by atoms with Gasteiger partial charge in [-0.05, 0) is 42.8 Å². The van der Waals surface area contributed by atoms with Gasteiger partial charge in [0.1, 0.15) is 5.75 Å². The first-order chi connectivity index (χ1) is 11.7. The summed E-state index contributed by atoms with van der Waals surface area (Å²) < 4.78 is 5.73. The van der Waals surface area contributed by atoms with E-state index in [4.69, 9.17) is 16.3 Å². The Kier molecular flexibility index (Phi) is 5.33. The molecule has 0 saturated carbocycles. The van der Waals surface area contributed by atoms with E-state index in [1.807, 2.05) is 48.5 Å². The van der Waals surface area contributed by atoms with Crippen molar-refractivity contribution in [2.75, 3.05) is 11.9 Å². The van der Waals surface area contributed by atoms with Crippen LogP contribution in [-0.4, -0.2) is 21.8 Å². The van der Waals surface area contributed by atoms with Gasteiger partial charge in [0.2, 0.25) is 5.95 Å². The van der Waals surface area contributed by atoms with Gasteiger partial charge in [0.05, 0.1) is 6.61 Å². The number of halogens is 1.